The molecular weight excluding hydrogens is 737 g/mol. The van der Waals surface area contributed by atoms with E-state index in [1.54, 1.807) is 78.4 Å². The quantitative estimate of drug-likeness (QED) is 0.0829. The zero-order valence-electron chi connectivity index (χ0n) is 34.2. The Bertz CT molecular complexity index is 1730. The van der Waals surface area contributed by atoms with Crippen LogP contribution in [0.25, 0.3) is 0 Å². The first-order valence-electron chi connectivity index (χ1n) is 19.6. The molecule has 0 aliphatic rings. The number of nitrogens with one attached hydrogen (secondary N) is 4. The van der Waals surface area contributed by atoms with E-state index < -0.39 is 60.3 Å². The summed E-state index contributed by atoms with van der Waals surface area (Å²) in [5.74, 6) is -1.79. The van der Waals surface area contributed by atoms with Crippen LogP contribution in [0.1, 0.15) is 50.2 Å². The summed E-state index contributed by atoms with van der Waals surface area (Å²) in [7, 11) is 3.21. The first-order chi connectivity index (χ1) is 27.7. The van der Waals surface area contributed by atoms with Crippen molar-refractivity contribution in [3.8, 4) is 0 Å². The van der Waals surface area contributed by atoms with E-state index in [4.69, 9.17) is 0 Å². The molecule has 0 saturated heterocycles. The van der Waals surface area contributed by atoms with E-state index in [2.05, 4.69) is 31.2 Å². The number of benzene rings is 2. The molecule has 6 amide bonds. The maximum absolute atomic E-state index is 14.0. The van der Waals surface area contributed by atoms with Gasteiger partial charge in [0.15, 0.2) is 0 Å². The molecule has 2 aromatic carbocycles. The van der Waals surface area contributed by atoms with Crippen LogP contribution in [0.2, 0.25) is 0 Å². The Balaban J connectivity index is 1.56. The highest BCUT2D eigenvalue weighted by Gasteiger charge is 2.38. The number of carbonyl (C=O) groups excluding carboxylic acids is 4. The van der Waals surface area contributed by atoms with Gasteiger partial charge in [0, 0.05) is 26.5 Å². The molecule has 14 nitrogen and oxygen atoms in total. The highest BCUT2D eigenvalue weighted by atomic mass is 16.3. The molecule has 58 heavy (non-hydrogen) atoms. The molecule has 6 N–H and O–H groups in total. The maximum atomic E-state index is 14.0. The van der Waals surface area contributed by atoms with Crippen LogP contribution in [0, 0.1) is 11.8 Å². The SMILES string of the molecule is CC(C)[C@H](NC(=O)N(C)Cc1ccccn1)C(=O)N[C@@H](Cc1ccccc1)[C@H](O)[C@@H](O)[C@H](Cc1ccccc1)NC(=O)[C@@H](NC(=O)N(C)Cc1ccccn1)C(C)C. The first kappa shape index (κ1) is 44.8. The van der Waals surface area contributed by atoms with E-state index >= 15 is 0 Å². The third-order valence-electron chi connectivity index (χ3n) is 9.83. The normalized spacial score (nSPS) is 14.3. The molecule has 2 heterocycles. The molecule has 14 heteroatoms. The van der Waals surface area contributed by atoms with Crippen molar-refractivity contribution in [1.29, 1.82) is 0 Å². The van der Waals surface area contributed by atoms with E-state index in [9.17, 15) is 29.4 Å². The molecule has 4 aromatic rings. The summed E-state index contributed by atoms with van der Waals surface area (Å²) in [5.41, 5.74) is 2.91. The molecular formula is C44H58N8O6. The third-order valence-corrected chi connectivity index (χ3v) is 9.83. The number of hydrogen-bond acceptors (Lipinski definition) is 8. The molecule has 0 fully saturated rings. The maximum Gasteiger partial charge on any atom is 0.318 e. The van der Waals surface area contributed by atoms with Crippen molar-refractivity contribution < 1.29 is 29.4 Å². The standard InChI is InChI=1S/C44H58N8O6/c1-29(2)37(49-43(57)51(5)27-33-21-13-15-23-45-33)41(55)47-35(25-31-17-9-7-10-18-31)39(53)40(54)36(26-32-19-11-8-12-20-32)48-42(56)38(30(3)4)50-44(58)52(6)28-34-22-14-16-24-46-34/h7-24,29-30,35-40,53-54H,25-28H2,1-6H3,(H,47,55)(H,48,56)(H,49,57)(H,50,58)/t35-,36-,37-,38-,39-,40-/m0/s1. The first-order valence-corrected chi connectivity index (χ1v) is 19.6. The van der Waals surface area contributed by atoms with Crippen LogP contribution < -0.4 is 21.3 Å². The van der Waals surface area contributed by atoms with E-state index in [1.165, 1.54) is 9.80 Å². The van der Waals surface area contributed by atoms with Gasteiger partial charge in [-0.15, -0.1) is 0 Å². The zero-order valence-corrected chi connectivity index (χ0v) is 34.2. The summed E-state index contributed by atoms with van der Waals surface area (Å²) in [6.07, 6.45) is 0.347. The minimum atomic E-state index is -1.59. The van der Waals surface area contributed by atoms with Crippen LogP contribution in [0.5, 0.6) is 0 Å². The van der Waals surface area contributed by atoms with Gasteiger partial charge in [-0.05, 0) is 60.1 Å². The number of aliphatic hydroxyl groups is 2. The van der Waals surface area contributed by atoms with Gasteiger partial charge in [0.2, 0.25) is 11.8 Å². The number of hydrogen-bond donors (Lipinski definition) is 6. The summed E-state index contributed by atoms with van der Waals surface area (Å²) >= 11 is 0. The molecule has 0 saturated carbocycles. The number of carbonyl (C=O) groups is 4. The van der Waals surface area contributed by atoms with Crippen LogP contribution in [-0.4, -0.2) is 104 Å². The van der Waals surface area contributed by atoms with Gasteiger partial charge in [0.1, 0.15) is 24.3 Å². The van der Waals surface area contributed by atoms with E-state index in [0.29, 0.717) is 11.4 Å². The fraction of sp³-hybridized carbons (Fsp3) is 0.409. The van der Waals surface area contributed by atoms with Gasteiger partial charge >= 0.3 is 12.1 Å². The van der Waals surface area contributed by atoms with E-state index in [-0.39, 0.29) is 37.8 Å². The van der Waals surface area contributed by atoms with Gasteiger partial charge in [0.25, 0.3) is 0 Å². The van der Waals surface area contributed by atoms with E-state index in [1.807, 2.05) is 72.8 Å². The fourth-order valence-corrected chi connectivity index (χ4v) is 6.44. The predicted molar refractivity (Wildman–Crippen MR) is 222 cm³/mol. The Morgan fingerprint density at radius 2 is 0.879 bits per heavy atom. The Hall–Kier alpha value is -5.86. The predicted octanol–water partition coefficient (Wildman–Crippen LogP) is 3.69. The third kappa shape index (κ3) is 13.7. The molecule has 310 valence electrons. The van der Waals surface area contributed by atoms with Gasteiger partial charge in [-0.1, -0.05) is 100 Å². The molecule has 6 atom stereocenters. The molecule has 0 bridgehead atoms. The highest BCUT2D eigenvalue weighted by Crippen LogP contribution is 2.17. The fourth-order valence-electron chi connectivity index (χ4n) is 6.44. The number of aliphatic hydroxyl groups excluding tert-OH is 2. The second-order valence-corrected chi connectivity index (χ2v) is 15.3. The van der Waals surface area contributed by atoms with Crippen molar-refractivity contribution in [2.45, 2.75) is 90.0 Å². The summed E-state index contributed by atoms with van der Waals surface area (Å²) in [6, 6.07) is 24.2. The lowest BCUT2D eigenvalue weighted by molar-refractivity contribution is -0.129. The highest BCUT2D eigenvalue weighted by molar-refractivity contribution is 5.88. The largest absolute Gasteiger partial charge is 0.388 e. The zero-order chi connectivity index (χ0) is 42.2. The second-order valence-electron chi connectivity index (χ2n) is 15.3. The summed E-state index contributed by atoms with van der Waals surface area (Å²) in [6.45, 7) is 7.63. The molecule has 0 aliphatic heterocycles. The van der Waals surface area contributed by atoms with Crippen LogP contribution in [0.15, 0.2) is 109 Å². The van der Waals surface area contributed by atoms with Crippen molar-refractivity contribution in [1.82, 2.24) is 41.0 Å². The lowest BCUT2D eigenvalue weighted by atomic mass is 9.90. The number of rotatable bonds is 19. The van der Waals surface area contributed by atoms with Gasteiger partial charge < -0.3 is 41.3 Å². The van der Waals surface area contributed by atoms with Crippen LogP contribution >= 0.6 is 0 Å². The molecule has 0 spiro atoms. The van der Waals surface area contributed by atoms with Gasteiger partial charge in [-0.2, -0.15) is 0 Å². The summed E-state index contributed by atoms with van der Waals surface area (Å²) in [4.78, 5) is 66.0. The van der Waals surface area contributed by atoms with Crippen molar-refractivity contribution in [2.24, 2.45) is 11.8 Å². The topological polar surface area (TPSA) is 189 Å². The van der Waals surface area contributed by atoms with Gasteiger partial charge in [-0.25, -0.2) is 9.59 Å². The lowest BCUT2D eigenvalue weighted by Crippen LogP contribution is -2.62. The number of nitrogens with zero attached hydrogens (tertiary/aromatic N) is 4. The Labute approximate surface area is 341 Å². The Morgan fingerprint density at radius 3 is 1.19 bits per heavy atom. The van der Waals surface area contributed by atoms with Crippen molar-refractivity contribution in [3.63, 3.8) is 0 Å². The Kier molecular flexibility index (Phi) is 17.1. The van der Waals surface area contributed by atoms with Crippen molar-refractivity contribution in [2.75, 3.05) is 14.1 Å². The number of pyridine rings is 2. The number of amides is 6. The van der Waals surface area contributed by atoms with Crippen LogP contribution in [0.3, 0.4) is 0 Å². The minimum absolute atomic E-state index is 0.127. The van der Waals surface area contributed by atoms with E-state index in [0.717, 1.165) is 11.1 Å². The Morgan fingerprint density at radius 1 is 0.534 bits per heavy atom. The van der Waals surface area contributed by atoms with Crippen molar-refractivity contribution >= 4 is 23.9 Å². The van der Waals surface area contributed by atoms with Gasteiger partial charge in [-0.3, -0.25) is 19.6 Å². The molecule has 0 unspecified atom stereocenters. The monoisotopic (exact) mass is 794 g/mol. The minimum Gasteiger partial charge on any atom is -0.388 e. The smallest absolute Gasteiger partial charge is 0.318 e. The second kappa shape index (κ2) is 22.2. The summed E-state index contributed by atoms with van der Waals surface area (Å²) < 4.78 is 0. The average Bonchev–Trinajstić information content (AvgIpc) is 3.21. The lowest BCUT2D eigenvalue weighted by Gasteiger charge is -2.35. The molecule has 4 rings (SSSR count). The molecule has 2 aromatic heterocycles. The number of urea groups is 2. The number of aromatic nitrogens is 2. The van der Waals surface area contributed by atoms with Crippen molar-refractivity contribution in [3.05, 3.63) is 132 Å². The van der Waals surface area contributed by atoms with Crippen LogP contribution in [-0.2, 0) is 35.5 Å². The molecule has 0 radical (unpaired) electrons. The van der Waals surface area contributed by atoms with Crippen LogP contribution in [0.4, 0.5) is 9.59 Å². The average molecular weight is 795 g/mol. The van der Waals surface area contributed by atoms with Gasteiger partial charge in [0.05, 0.1) is 36.6 Å². The molecule has 0 aliphatic carbocycles. The summed E-state index contributed by atoms with van der Waals surface area (Å²) in [5, 5.41) is 35.5.